The Labute approximate surface area is 141 Å². The van der Waals surface area contributed by atoms with Crippen LogP contribution in [0.2, 0.25) is 0 Å². The third kappa shape index (κ3) is 3.08. The number of carbonyl (C=O) groups is 1. The Balaban J connectivity index is 1.91. The van der Waals surface area contributed by atoms with Gasteiger partial charge in [-0.2, -0.15) is 0 Å². The number of hydrogen-bond acceptors (Lipinski definition) is 5. The number of anilines is 2. The molecule has 2 amide bonds. The van der Waals surface area contributed by atoms with E-state index in [9.17, 15) is 13.6 Å². The van der Waals surface area contributed by atoms with E-state index in [-0.39, 0.29) is 11.8 Å². The Morgan fingerprint density at radius 3 is 2.50 bits per heavy atom. The molecular formula is C15H17N5O3S. The summed E-state index contributed by atoms with van der Waals surface area (Å²) in [5.41, 5.74) is 7.64. The third-order valence-corrected chi connectivity index (χ3v) is 5.17. The molecule has 1 saturated carbocycles. The minimum atomic E-state index is -2.00. The van der Waals surface area contributed by atoms with Crippen LogP contribution in [0.25, 0.3) is 11.4 Å². The molecule has 0 saturated heterocycles. The Morgan fingerprint density at radius 1 is 1.29 bits per heavy atom. The molecule has 1 unspecified atom stereocenters. The van der Waals surface area contributed by atoms with Crippen molar-refractivity contribution in [2.24, 2.45) is 0 Å². The van der Waals surface area contributed by atoms with Gasteiger partial charge in [0.15, 0.2) is 16.9 Å². The SMILES string of the molecule is CNC(=O)Nc1ccc(-c2nc(N)cc(C3(S(=O)O)CC3)n2)cc1. The Hall–Kier alpha value is -2.52. The monoisotopic (exact) mass is 347 g/mol. The van der Waals surface area contributed by atoms with Crippen molar-refractivity contribution in [3.8, 4) is 11.4 Å². The van der Waals surface area contributed by atoms with Crippen LogP contribution in [0.15, 0.2) is 30.3 Å². The molecule has 0 spiro atoms. The molecule has 1 aliphatic rings. The highest BCUT2D eigenvalue weighted by molar-refractivity contribution is 7.80. The number of benzene rings is 1. The van der Waals surface area contributed by atoms with Gasteiger partial charge in [-0.1, -0.05) is 0 Å². The molecule has 0 bridgehead atoms. The van der Waals surface area contributed by atoms with Gasteiger partial charge in [0, 0.05) is 24.4 Å². The first kappa shape index (κ1) is 16.3. The fourth-order valence-electron chi connectivity index (χ4n) is 2.36. The maximum atomic E-state index is 11.6. The van der Waals surface area contributed by atoms with Gasteiger partial charge in [-0.05, 0) is 37.1 Å². The van der Waals surface area contributed by atoms with Gasteiger partial charge in [0.05, 0.1) is 5.69 Å². The van der Waals surface area contributed by atoms with Gasteiger partial charge < -0.3 is 20.9 Å². The van der Waals surface area contributed by atoms with Crippen molar-refractivity contribution in [3.63, 3.8) is 0 Å². The zero-order chi connectivity index (χ0) is 17.3. The summed E-state index contributed by atoms with van der Waals surface area (Å²) in [5.74, 6) is 0.632. The van der Waals surface area contributed by atoms with Gasteiger partial charge in [-0.25, -0.2) is 19.0 Å². The first-order valence-corrected chi connectivity index (χ1v) is 8.40. The number of urea groups is 1. The zero-order valence-electron chi connectivity index (χ0n) is 12.9. The number of nitrogens with zero attached hydrogens (tertiary/aromatic N) is 2. The maximum absolute atomic E-state index is 11.6. The van der Waals surface area contributed by atoms with Crippen molar-refractivity contribution in [1.29, 1.82) is 0 Å². The maximum Gasteiger partial charge on any atom is 0.318 e. The normalized spacial score (nSPS) is 16.2. The van der Waals surface area contributed by atoms with Gasteiger partial charge in [0.2, 0.25) is 0 Å². The highest BCUT2D eigenvalue weighted by Crippen LogP contribution is 2.50. The topological polar surface area (TPSA) is 130 Å². The summed E-state index contributed by atoms with van der Waals surface area (Å²) >= 11 is -2.00. The molecule has 0 radical (unpaired) electrons. The van der Waals surface area contributed by atoms with E-state index in [4.69, 9.17) is 5.73 Å². The quantitative estimate of drug-likeness (QED) is 0.623. The minimum absolute atomic E-state index is 0.249. The summed E-state index contributed by atoms with van der Waals surface area (Å²) in [6.07, 6.45) is 1.20. The van der Waals surface area contributed by atoms with E-state index in [1.165, 1.54) is 7.05 Å². The van der Waals surface area contributed by atoms with Crippen LogP contribution in [-0.4, -0.2) is 31.8 Å². The van der Waals surface area contributed by atoms with E-state index in [1.807, 2.05) is 0 Å². The molecule has 1 fully saturated rings. The summed E-state index contributed by atoms with van der Waals surface area (Å²) in [5, 5.41) is 5.12. The molecule has 126 valence electrons. The lowest BCUT2D eigenvalue weighted by Gasteiger charge is -2.12. The van der Waals surface area contributed by atoms with E-state index in [0.717, 1.165) is 0 Å². The smallest absolute Gasteiger partial charge is 0.318 e. The van der Waals surface area contributed by atoms with Crippen molar-refractivity contribution in [2.75, 3.05) is 18.1 Å². The lowest BCUT2D eigenvalue weighted by atomic mass is 10.1. The molecule has 1 aromatic heterocycles. The molecule has 8 nitrogen and oxygen atoms in total. The minimum Gasteiger partial charge on any atom is -0.384 e. The van der Waals surface area contributed by atoms with Crippen molar-refractivity contribution < 1.29 is 13.6 Å². The second kappa shape index (κ2) is 6.17. The molecule has 2 aromatic rings. The third-order valence-electron chi connectivity index (χ3n) is 3.88. The van der Waals surface area contributed by atoms with Crippen LogP contribution in [0.4, 0.5) is 16.3 Å². The summed E-state index contributed by atoms with van der Waals surface area (Å²) < 4.78 is 20.3. The Bertz CT molecular complexity index is 805. The van der Waals surface area contributed by atoms with Crippen molar-refractivity contribution in [1.82, 2.24) is 15.3 Å². The molecule has 24 heavy (non-hydrogen) atoms. The summed E-state index contributed by atoms with van der Waals surface area (Å²) in [7, 11) is 1.53. The molecule has 0 aliphatic heterocycles. The molecule has 9 heteroatoms. The number of nitrogens with two attached hydrogens (primary N) is 1. The van der Waals surface area contributed by atoms with E-state index in [2.05, 4.69) is 20.6 Å². The fourth-order valence-corrected chi connectivity index (χ4v) is 3.09. The predicted octanol–water partition coefficient (Wildman–Crippen LogP) is 1.69. The van der Waals surface area contributed by atoms with E-state index >= 15 is 0 Å². The molecule has 5 N–H and O–H groups in total. The second-order valence-corrected chi connectivity index (χ2v) is 6.81. The molecular weight excluding hydrogens is 330 g/mol. The van der Waals surface area contributed by atoms with Crippen molar-refractivity contribution in [2.45, 2.75) is 17.6 Å². The van der Waals surface area contributed by atoms with Gasteiger partial charge in [0.25, 0.3) is 0 Å². The number of rotatable bonds is 4. The fraction of sp³-hybridized carbons (Fsp3) is 0.267. The highest BCUT2D eigenvalue weighted by Gasteiger charge is 2.52. The van der Waals surface area contributed by atoms with Crippen LogP contribution in [0.1, 0.15) is 18.5 Å². The second-order valence-electron chi connectivity index (χ2n) is 5.53. The number of aromatic nitrogens is 2. The van der Waals surface area contributed by atoms with Crippen LogP contribution >= 0.6 is 0 Å². The molecule has 1 atom stereocenters. The average molecular weight is 347 g/mol. The van der Waals surface area contributed by atoms with E-state index < -0.39 is 15.8 Å². The van der Waals surface area contributed by atoms with Gasteiger partial charge >= 0.3 is 6.03 Å². The molecule has 1 aliphatic carbocycles. The predicted molar refractivity (Wildman–Crippen MR) is 91.6 cm³/mol. The summed E-state index contributed by atoms with van der Waals surface area (Å²) in [6, 6.07) is 8.17. The van der Waals surface area contributed by atoms with Gasteiger partial charge in [-0.3, -0.25) is 0 Å². The van der Waals surface area contributed by atoms with Gasteiger partial charge in [-0.15, -0.1) is 0 Å². The first-order chi connectivity index (χ1) is 11.4. The molecule has 1 heterocycles. The lowest BCUT2D eigenvalue weighted by Crippen LogP contribution is -2.24. The van der Waals surface area contributed by atoms with Crippen LogP contribution in [0.3, 0.4) is 0 Å². The molecule has 3 rings (SSSR count). The highest BCUT2D eigenvalue weighted by atomic mass is 32.2. The number of nitrogens with one attached hydrogen (secondary N) is 2. The lowest BCUT2D eigenvalue weighted by molar-refractivity contribution is 0.254. The average Bonchev–Trinajstić information content (AvgIpc) is 3.37. The zero-order valence-corrected chi connectivity index (χ0v) is 13.8. The standard InChI is InChI=1S/C15H17N5O3S/c1-17-14(21)18-10-4-2-9(3-5-10)13-19-11(8-12(16)20-13)15(6-7-15)24(22)23/h2-5,8H,6-7H2,1H3,(H,22,23)(H2,16,19,20)(H2,17,18,21). The molecule has 1 aromatic carbocycles. The Kier molecular flexibility index (Phi) is 4.20. The number of amides is 2. The van der Waals surface area contributed by atoms with Crippen LogP contribution in [0.5, 0.6) is 0 Å². The van der Waals surface area contributed by atoms with Crippen molar-refractivity contribution >= 4 is 28.6 Å². The number of carbonyl (C=O) groups excluding carboxylic acids is 1. The van der Waals surface area contributed by atoms with Crippen LogP contribution in [-0.2, 0) is 15.8 Å². The number of nitrogen functional groups attached to an aromatic ring is 1. The number of hydrogen-bond donors (Lipinski definition) is 4. The van der Waals surface area contributed by atoms with E-state index in [1.54, 1.807) is 30.3 Å². The van der Waals surface area contributed by atoms with Gasteiger partial charge in [0.1, 0.15) is 10.6 Å². The van der Waals surface area contributed by atoms with E-state index in [0.29, 0.717) is 35.6 Å². The Morgan fingerprint density at radius 2 is 1.96 bits per heavy atom. The largest absolute Gasteiger partial charge is 0.384 e. The van der Waals surface area contributed by atoms with Crippen LogP contribution in [0, 0.1) is 0 Å². The summed E-state index contributed by atoms with van der Waals surface area (Å²) in [4.78, 5) is 19.9. The summed E-state index contributed by atoms with van der Waals surface area (Å²) in [6.45, 7) is 0. The van der Waals surface area contributed by atoms with Crippen LogP contribution < -0.4 is 16.4 Å². The van der Waals surface area contributed by atoms with Crippen molar-refractivity contribution in [3.05, 3.63) is 36.0 Å². The first-order valence-electron chi connectivity index (χ1n) is 7.30.